The summed E-state index contributed by atoms with van der Waals surface area (Å²) >= 11 is 0. The van der Waals surface area contributed by atoms with Gasteiger partial charge in [-0.25, -0.2) is 4.98 Å². The molecule has 0 unspecified atom stereocenters. The number of fused-ring (bicyclic) bond motifs is 1. The summed E-state index contributed by atoms with van der Waals surface area (Å²) in [5.41, 5.74) is 2.49. The second-order valence-electron chi connectivity index (χ2n) is 7.04. The molecule has 0 saturated heterocycles. The van der Waals surface area contributed by atoms with Crippen molar-refractivity contribution in [2.75, 3.05) is 7.11 Å². The molecule has 0 spiro atoms. The molecule has 0 bridgehead atoms. The number of nitrogens with one attached hydrogen (secondary N) is 1. The fraction of sp³-hybridized carbons (Fsp3) is 0.300. The quantitative estimate of drug-likeness (QED) is 0.791. The summed E-state index contributed by atoms with van der Waals surface area (Å²) in [6, 6.07) is 15.6. The molecule has 0 aliphatic heterocycles. The molecule has 1 N–H and O–H groups in total. The third-order valence-electron chi connectivity index (χ3n) is 3.82. The number of para-hydroxylation sites is 2. The van der Waals surface area contributed by atoms with Crippen molar-refractivity contribution in [1.82, 2.24) is 14.9 Å². The Bertz CT molecular complexity index is 889. The molecule has 3 rings (SSSR count). The number of ether oxygens (including phenoxy) is 1. The maximum atomic E-state index is 12.5. The van der Waals surface area contributed by atoms with Crippen LogP contribution in [0.2, 0.25) is 0 Å². The molecule has 5 heteroatoms. The number of methoxy groups -OCH3 is 1. The van der Waals surface area contributed by atoms with Gasteiger partial charge in [0.15, 0.2) is 0 Å². The van der Waals surface area contributed by atoms with Crippen molar-refractivity contribution in [3.8, 4) is 17.1 Å². The Balaban J connectivity index is 2.04. The van der Waals surface area contributed by atoms with E-state index in [0.29, 0.717) is 0 Å². The average molecular weight is 337 g/mol. The normalized spacial score (nSPS) is 11.5. The van der Waals surface area contributed by atoms with E-state index in [0.717, 1.165) is 28.2 Å². The Labute approximate surface area is 147 Å². The Morgan fingerprint density at radius 2 is 1.80 bits per heavy atom. The van der Waals surface area contributed by atoms with Crippen LogP contribution in [-0.2, 0) is 11.3 Å². The van der Waals surface area contributed by atoms with E-state index < -0.39 is 0 Å². The molecule has 130 valence electrons. The molecule has 0 aliphatic rings. The zero-order valence-corrected chi connectivity index (χ0v) is 15.0. The van der Waals surface area contributed by atoms with Crippen LogP contribution in [0.4, 0.5) is 0 Å². The van der Waals surface area contributed by atoms with Crippen LogP contribution in [0.15, 0.2) is 48.5 Å². The largest absolute Gasteiger partial charge is 0.497 e. The van der Waals surface area contributed by atoms with Crippen LogP contribution < -0.4 is 10.1 Å². The first-order valence-electron chi connectivity index (χ1n) is 8.28. The van der Waals surface area contributed by atoms with Crippen molar-refractivity contribution in [2.45, 2.75) is 32.9 Å². The van der Waals surface area contributed by atoms with E-state index >= 15 is 0 Å². The lowest BCUT2D eigenvalue weighted by atomic mass is 10.1. The summed E-state index contributed by atoms with van der Waals surface area (Å²) < 4.78 is 7.18. The molecular weight excluding hydrogens is 314 g/mol. The molecule has 5 nitrogen and oxygen atoms in total. The summed E-state index contributed by atoms with van der Waals surface area (Å²) in [6.07, 6.45) is 0. The number of rotatable bonds is 4. The zero-order valence-electron chi connectivity index (χ0n) is 15.0. The van der Waals surface area contributed by atoms with Crippen LogP contribution in [0.25, 0.3) is 22.4 Å². The summed E-state index contributed by atoms with van der Waals surface area (Å²) in [7, 11) is 1.64. The van der Waals surface area contributed by atoms with Gasteiger partial charge in [-0.1, -0.05) is 12.1 Å². The molecule has 0 aliphatic carbocycles. The van der Waals surface area contributed by atoms with Crippen molar-refractivity contribution < 1.29 is 9.53 Å². The average Bonchev–Trinajstić information content (AvgIpc) is 2.92. The number of carbonyl (C=O) groups is 1. The first-order valence-corrected chi connectivity index (χ1v) is 8.28. The topological polar surface area (TPSA) is 56.2 Å². The lowest BCUT2D eigenvalue weighted by Gasteiger charge is -2.21. The molecule has 1 heterocycles. The summed E-state index contributed by atoms with van der Waals surface area (Å²) in [6.45, 7) is 6.14. The molecule has 1 aromatic heterocycles. The highest BCUT2D eigenvalue weighted by Gasteiger charge is 2.18. The van der Waals surface area contributed by atoms with E-state index in [4.69, 9.17) is 9.72 Å². The lowest BCUT2D eigenvalue weighted by molar-refractivity contribution is -0.123. The maximum Gasteiger partial charge on any atom is 0.240 e. The molecule has 25 heavy (non-hydrogen) atoms. The first kappa shape index (κ1) is 17.0. The molecular formula is C20H23N3O2. The van der Waals surface area contributed by atoms with Crippen LogP contribution in [-0.4, -0.2) is 28.1 Å². The molecule has 0 saturated carbocycles. The minimum atomic E-state index is -0.270. The standard InChI is InChI=1S/C20H23N3O2/c1-20(2,3)22-18(24)13-23-17-8-6-5-7-16(17)21-19(23)14-9-11-15(25-4)12-10-14/h5-12H,13H2,1-4H3,(H,22,24). The van der Waals surface area contributed by atoms with Crippen LogP contribution in [0.5, 0.6) is 5.75 Å². The molecule has 1 amide bonds. The van der Waals surface area contributed by atoms with Crippen molar-refractivity contribution in [2.24, 2.45) is 0 Å². The van der Waals surface area contributed by atoms with Crippen molar-refractivity contribution in [3.05, 3.63) is 48.5 Å². The van der Waals surface area contributed by atoms with Gasteiger partial charge in [0.2, 0.25) is 5.91 Å². The number of hydrogen-bond donors (Lipinski definition) is 1. The van der Waals surface area contributed by atoms with Gasteiger partial charge in [-0.05, 0) is 57.2 Å². The van der Waals surface area contributed by atoms with Crippen molar-refractivity contribution >= 4 is 16.9 Å². The number of hydrogen-bond acceptors (Lipinski definition) is 3. The van der Waals surface area contributed by atoms with E-state index in [-0.39, 0.29) is 18.0 Å². The number of carbonyl (C=O) groups excluding carboxylic acids is 1. The zero-order chi connectivity index (χ0) is 18.0. The Kier molecular flexibility index (Phi) is 4.49. The van der Waals surface area contributed by atoms with Gasteiger partial charge in [0, 0.05) is 11.1 Å². The van der Waals surface area contributed by atoms with Crippen LogP contribution in [0.3, 0.4) is 0 Å². The first-order chi connectivity index (χ1) is 11.9. The maximum absolute atomic E-state index is 12.5. The third-order valence-corrected chi connectivity index (χ3v) is 3.82. The Morgan fingerprint density at radius 3 is 2.44 bits per heavy atom. The highest BCUT2D eigenvalue weighted by molar-refractivity contribution is 5.84. The lowest BCUT2D eigenvalue weighted by Crippen LogP contribution is -2.42. The molecule has 3 aromatic rings. The monoisotopic (exact) mass is 337 g/mol. The number of benzene rings is 2. The van der Waals surface area contributed by atoms with Gasteiger partial charge in [-0.3, -0.25) is 4.79 Å². The molecule has 0 atom stereocenters. The Hall–Kier alpha value is -2.82. The Morgan fingerprint density at radius 1 is 1.12 bits per heavy atom. The van der Waals surface area contributed by atoms with E-state index in [1.165, 1.54) is 0 Å². The predicted molar refractivity (Wildman–Crippen MR) is 99.6 cm³/mol. The minimum Gasteiger partial charge on any atom is -0.497 e. The molecule has 2 aromatic carbocycles. The van der Waals surface area contributed by atoms with Gasteiger partial charge >= 0.3 is 0 Å². The van der Waals surface area contributed by atoms with E-state index in [1.54, 1.807) is 7.11 Å². The van der Waals surface area contributed by atoms with E-state index in [1.807, 2.05) is 73.9 Å². The number of aromatic nitrogens is 2. The van der Waals surface area contributed by atoms with Crippen LogP contribution in [0, 0.1) is 0 Å². The van der Waals surface area contributed by atoms with E-state index in [2.05, 4.69) is 5.32 Å². The fourth-order valence-corrected chi connectivity index (χ4v) is 2.80. The SMILES string of the molecule is COc1ccc(-c2nc3ccccc3n2CC(=O)NC(C)(C)C)cc1. The summed E-state index contributed by atoms with van der Waals surface area (Å²) in [4.78, 5) is 17.2. The van der Waals surface area contributed by atoms with Gasteiger partial charge in [0.05, 0.1) is 18.1 Å². The molecule has 0 fully saturated rings. The van der Waals surface area contributed by atoms with Crippen molar-refractivity contribution in [1.29, 1.82) is 0 Å². The van der Waals surface area contributed by atoms with Crippen LogP contribution >= 0.6 is 0 Å². The second-order valence-corrected chi connectivity index (χ2v) is 7.04. The smallest absolute Gasteiger partial charge is 0.240 e. The number of imidazole rings is 1. The highest BCUT2D eigenvalue weighted by Crippen LogP contribution is 2.26. The second kappa shape index (κ2) is 6.59. The fourth-order valence-electron chi connectivity index (χ4n) is 2.80. The van der Waals surface area contributed by atoms with Crippen molar-refractivity contribution in [3.63, 3.8) is 0 Å². The summed E-state index contributed by atoms with van der Waals surface area (Å²) in [5, 5.41) is 3.01. The van der Waals surface area contributed by atoms with Gasteiger partial charge in [0.1, 0.15) is 18.1 Å². The van der Waals surface area contributed by atoms with Crippen LogP contribution in [0.1, 0.15) is 20.8 Å². The van der Waals surface area contributed by atoms with Gasteiger partial charge in [0.25, 0.3) is 0 Å². The minimum absolute atomic E-state index is 0.0367. The van der Waals surface area contributed by atoms with Gasteiger partial charge in [-0.2, -0.15) is 0 Å². The third kappa shape index (κ3) is 3.82. The van der Waals surface area contributed by atoms with Gasteiger partial charge < -0.3 is 14.6 Å². The predicted octanol–water partition coefficient (Wildman–Crippen LogP) is 3.63. The highest BCUT2D eigenvalue weighted by atomic mass is 16.5. The van der Waals surface area contributed by atoms with Gasteiger partial charge in [-0.15, -0.1) is 0 Å². The molecule has 0 radical (unpaired) electrons. The van der Waals surface area contributed by atoms with E-state index in [9.17, 15) is 4.79 Å². The summed E-state index contributed by atoms with van der Waals surface area (Å²) in [5.74, 6) is 1.52. The number of amides is 1. The number of nitrogens with zero attached hydrogens (tertiary/aromatic N) is 2.